The van der Waals surface area contributed by atoms with E-state index in [0.717, 1.165) is 37.2 Å². The summed E-state index contributed by atoms with van der Waals surface area (Å²) in [7, 11) is 0. The maximum atomic E-state index is 10.7. The zero-order valence-corrected chi connectivity index (χ0v) is 13.2. The molecular weight excluding hydrogens is 268 g/mol. The molecule has 1 spiro atoms. The molecule has 0 bridgehead atoms. The molecule has 2 fully saturated rings. The van der Waals surface area contributed by atoms with Gasteiger partial charge in [0.15, 0.2) is 0 Å². The third-order valence-corrected chi connectivity index (χ3v) is 6.14. The number of benzene rings is 1. The number of aliphatic hydroxyl groups excluding tert-OH is 1. The number of thioether (sulfide) groups is 1. The molecule has 3 rings (SSSR count). The van der Waals surface area contributed by atoms with Crippen molar-refractivity contribution >= 4 is 11.8 Å². The molecular formula is C17H24O2S. The Morgan fingerprint density at radius 1 is 1.35 bits per heavy atom. The molecule has 3 atom stereocenters. The summed E-state index contributed by atoms with van der Waals surface area (Å²) in [6, 6.07) is 6.35. The topological polar surface area (TPSA) is 29.5 Å². The molecule has 0 aromatic heterocycles. The second-order valence-corrected chi connectivity index (χ2v) is 7.48. The van der Waals surface area contributed by atoms with Crippen LogP contribution in [0.4, 0.5) is 0 Å². The highest BCUT2D eigenvalue weighted by atomic mass is 32.2. The highest BCUT2D eigenvalue weighted by molar-refractivity contribution is 7.99. The van der Waals surface area contributed by atoms with Gasteiger partial charge in [0.2, 0.25) is 0 Å². The summed E-state index contributed by atoms with van der Waals surface area (Å²) in [6.07, 6.45) is 2.78. The Bertz CT molecular complexity index is 480. The lowest BCUT2D eigenvalue weighted by Gasteiger charge is -2.39. The SMILES string of the molecule is Cc1ccc(C(O)C2CCOC3(CCSC3)C2)cc1C. The summed E-state index contributed by atoms with van der Waals surface area (Å²) in [6.45, 7) is 5.03. The summed E-state index contributed by atoms with van der Waals surface area (Å²) in [5, 5.41) is 10.7. The van der Waals surface area contributed by atoms with Gasteiger partial charge in [-0.3, -0.25) is 0 Å². The van der Waals surface area contributed by atoms with Crippen LogP contribution in [-0.4, -0.2) is 28.8 Å². The molecule has 0 amide bonds. The molecule has 20 heavy (non-hydrogen) atoms. The minimum absolute atomic E-state index is 0.0499. The fourth-order valence-electron chi connectivity index (χ4n) is 3.42. The maximum Gasteiger partial charge on any atom is 0.0820 e. The van der Waals surface area contributed by atoms with Gasteiger partial charge < -0.3 is 9.84 Å². The first-order valence-corrected chi connectivity index (χ1v) is 8.72. The average Bonchev–Trinajstić information content (AvgIpc) is 2.89. The van der Waals surface area contributed by atoms with E-state index in [-0.39, 0.29) is 11.7 Å². The van der Waals surface area contributed by atoms with Crippen molar-refractivity contribution in [2.24, 2.45) is 5.92 Å². The van der Waals surface area contributed by atoms with Gasteiger partial charge in [-0.05, 0) is 61.5 Å². The summed E-state index contributed by atoms with van der Waals surface area (Å²) >= 11 is 1.99. The fraction of sp³-hybridized carbons (Fsp3) is 0.647. The monoisotopic (exact) mass is 292 g/mol. The summed E-state index contributed by atoms with van der Waals surface area (Å²) in [5.41, 5.74) is 3.67. The number of aryl methyl sites for hydroxylation is 2. The van der Waals surface area contributed by atoms with Crippen molar-refractivity contribution in [3.8, 4) is 0 Å². The van der Waals surface area contributed by atoms with E-state index in [1.165, 1.54) is 16.9 Å². The molecule has 1 aromatic carbocycles. The predicted octanol–water partition coefficient (Wildman–Crippen LogP) is 3.64. The fourth-order valence-corrected chi connectivity index (χ4v) is 4.80. The van der Waals surface area contributed by atoms with Crippen molar-refractivity contribution in [2.75, 3.05) is 18.1 Å². The Balaban J connectivity index is 1.75. The minimum atomic E-state index is -0.347. The van der Waals surface area contributed by atoms with Gasteiger partial charge in [0.1, 0.15) is 0 Å². The van der Waals surface area contributed by atoms with Crippen LogP contribution in [0.3, 0.4) is 0 Å². The van der Waals surface area contributed by atoms with Crippen LogP contribution in [0, 0.1) is 19.8 Å². The predicted molar refractivity (Wildman–Crippen MR) is 84.2 cm³/mol. The highest BCUT2D eigenvalue weighted by Crippen LogP contribution is 2.44. The molecule has 2 aliphatic rings. The van der Waals surface area contributed by atoms with Crippen molar-refractivity contribution < 1.29 is 9.84 Å². The lowest BCUT2D eigenvalue weighted by atomic mass is 9.80. The van der Waals surface area contributed by atoms with E-state index in [1.807, 2.05) is 11.8 Å². The summed E-state index contributed by atoms with van der Waals surface area (Å²) in [5.74, 6) is 2.64. The van der Waals surface area contributed by atoms with E-state index in [2.05, 4.69) is 32.0 Å². The van der Waals surface area contributed by atoms with Gasteiger partial charge in [-0.25, -0.2) is 0 Å². The van der Waals surface area contributed by atoms with Crippen LogP contribution in [0.5, 0.6) is 0 Å². The van der Waals surface area contributed by atoms with Crippen LogP contribution in [-0.2, 0) is 4.74 Å². The molecule has 2 nitrogen and oxygen atoms in total. The molecule has 3 unspecified atom stereocenters. The Morgan fingerprint density at radius 3 is 2.90 bits per heavy atom. The van der Waals surface area contributed by atoms with Gasteiger partial charge in [0, 0.05) is 12.4 Å². The van der Waals surface area contributed by atoms with Crippen LogP contribution >= 0.6 is 11.8 Å². The second kappa shape index (κ2) is 5.70. The van der Waals surface area contributed by atoms with Gasteiger partial charge in [-0.1, -0.05) is 18.2 Å². The molecule has 3 heteroatoms. The third kappa shape index (κ3) is 2.76. The van der Waals surface area contributed by atoms with Crippen molar-refractivity contribution in [2.45, 2.75) is 44.8 Å². The minimum Gasteiger partial charge on any atom is -0.388 e. The van der Waals surface area contributed by atoms with Gasteiger partial charge in [-0.15, -0.1) is 0 Å². The van der Waals surface area contributed by atoms with E-state index in [9.17, 15) is 5.11 Å². The number of hydrogen-bond donors (Lipinski definition) is 1. The molecule has 0 saturated carbocycles. The van der Waals surface area contributed by atoms with Crippen LogP contribution in [0.1, 0.15) is 42.1 Å². The molecule has 0 aliphatic carbocycles. The van der Waals surface area contributed by atoms with E-state index in [0.29, 0.717) is 5.92 Å². The number of aliphatic hydroxyl groups is 1. The number of hydrogen-bond acceptors (Lipinski definition) is 3. The quantitative estimate of drug-likeness (QED) is 0.902. The van der Waals surface area contributed by atoms with E-state index >= 15 is 0 Å². The Morgan fingerprint density at radius 2 is 2.20 bits per heavy atom. The maximum absolute atomic E-state index is 10.7. The number of rotatable bonds is 2. The molecule has 2 saturated heterocycles. The van der Waals surface area contributed by atoms with Crippen LogP contribution in [0.25, 0.3) is 0 Å². The molecule has 0 radical (unpaired) electrons. The molecule has 2 heterocycles. The Hall–Kier alpha value is -0.510. The first kappa shape index (κ1) is 14.4. The Kier molecular flexibility index (Phi) is 4.11. The zero-order valence-electron chi connectivity index (χ0n) is 12.4. The van der Waals surface area contributed by atoms with Gasteiger partial charge in [0.05, 0.1) is 11.7 Å². The first-order chi connectivity index (χ1) is 9.60. The van der Waals surface area contributed by atoms with E-state index < -0.39 is 0 Å². The van der Waals surface area contributed by atoms with Crippen molar-refractivity contribution in [1.82, 2.24) is 0 Å². The molecule has 1 N–H and O–H groups in total. The highest BCUT2D eigenvalue weighted by Gasteiger charge is 2.42. The van der Waals surface area contributed by atoms with Crippen molar-refractivity contribution in [3.05, 3.63) is 34.9 Å². The Labute approximate surface area is 125 Å². The molecule has 1 aromatic rings. The summed E-state index contributed by atoms with van der Waals surface area (Å²) in [4.78, 5) is 0. The lowest BCUT2D eigenvalue weighted by molar-refractivity contribution is -0.102. The van der Waals surface area contributed by atoms with Crippen molar-refractivity contribution in [3.63, 3.8) is 0 Å². The van der Waals surface area contributed by atoms with Gasteiger partial charge in [0.25, 0.3) is 0 Å². The first-order valence-electron chi connectivity index (χ1n) is 7.57. The standard InChI is InChI=1S/C17H24O2S/c1-12-3-4-14(9-13(12)2)16(18)15-5-7-19-17(10-15)6-8-20-11-17/h3-4,9,15-16,18H,5-8,10-11H2,1-2H3. The van der Waals surface area contributed by atoms with Crippen LogP contribution in [0.15, 0.2) is 18.2 Å². The van der Waals surface area contributed by atoms with Gasteiger partial charge >= 0.3 is 0 Å². The third-order valence-electron chi connectivity index (χ3n) is 4.92. The van der Waals surface area contributed by atoms with Crippen LogP contribution in [0.2, 0.25) is 0 Å². The molecule has 110 valence electrons. The average molecular weight is 292 g/mol. The summed E-state index contributed by atoms with van der Waals surface area (Å²) < 4.78 is 6.05. The normalized spacial score (nSPS) is 31.6. The van der Waals surface area contributed by atoms with Gasteiger partial charge in [-0.2, -0.15) is 11.8 Å². The largest absolute Gasteiger partial charge is 0.388 e. The van der Waals surface area contributed by atoms with Crippen LogP contribution < -0.4 is 0 Å². The zero-order chi connectivity index (χ0) is 14.2. The smallest absolute Gasteiger partial charge is 0.0820 e. The van der Waals surface area contributed by atoms with E-state index in [4.69, 9.17) is 4.74 Å². The second-order valence-electron chi connectivity index (χ2n) is 6.38. The van der Waals surface area contributed by atoms with Crippen molar-refractivity contribution in [1.29, 1.82) is 0 Å². The lowest BCUT2D eigenvalue weighted by Crippen LogP contribution is -2.41. The number of ether oxygens (including phenoxy) is 1. The van der Waals surface area contributed by atoms with E-state index in [1.54, 1.807) is 0 Å². The molecule has 2 aliphatic heterocycles.